The van der Waals surface area contributed by atoms with E-state index >= 15 is 0 Å². The maximum atomic E-state index is 13.5. The van der Waals surface area contributed by atoms with Gasteiger partial charge in [0.2, 0.25) is 5.91 Å². The number of halogens is 2. The van der Waals surface area contributed by atoms with Gasteiger partial charge in [0.05, 0.1) is 12.3 Å². The predicted octanol–water partition coefficient (Wildman–Crippen LogP) is 3.61. The summed E-state index contributed by atoms with van der Waals surface area (Å²) < 4.78 is 32.0. The van der Waals surface area contributed by atoms with E-state index in [1.807, 2.05) is 0 Å². The largest absolute Gasteiger partial charge is 0.459 e. The predicted molar refractivity (Wildman–Crippen MR) is 118 cm³/mol. The molecule has 0 unspecified atom stereocenters. The van der Waals surface area contributed by atoms with Gasteiger partial charge in [-0.2, -0.15) is 0 Å². The van der Waals surface area contributed by atoms with Crippen LogP contribution in [0.15, 0.2) is 71.3 Å². The van der Waals surface area contributed by atoms with Gasteiger partial charge in [0.1, 0.15) is 11.6 Å². The number of hydrogen-bond acceptors (Lipinski definition) is 4. The number of piperazine rings is 1. The highest BCUT2D eigenvalue weighted by Crippen LogP contribution is 2.30. The van der Waals surface area contributed by atoms with Crippen molar-refractivity contribution in [2.24, 2.45) is 0 Å². The molecule has 2 heterocycles. The van der Waals surface area contributed by atoms with Crippen molar-refractivity contribution in [1.82, 2.24) is 15.1 Å². The first-order chi connectivity index (χ1) is 16.0. The summed E-state index contributed by atoms with van der Waals surface area (Å²) in [5.41, 5.74) is 1.81. The van der Waals surface area contributed by atoms with Crippen LogP contribution in [0.4, 0.5) is 8.78 Å². The molecule has 1 N–H and O–H groups in total. The minimum atomic E-state index is -0.348. The molecule has 1 saturated heterocycles. The number of carbonyl (C=O) groups excluding carboxylic acids is 2. The Kier molecular flexibility index (Phi) is 7.14. The summed E-state index contributed by atoms with van der Waals surface area (Å²) in [6.07, 6.45) is 1.62. The van der Waals surface area contributed by atoms with Gasteiger partial charge in [-0.25, -0.2) is 8.78 Å². The van der Waals surface area contributed by atoms with Crippen LogP contribution in [0.2, 0.25) is 0 Å². The van der Waals surface area contributed by atoms with Crippen LogP contribution in [0.3, 0.4) is 0 Å². The summed E-state index contributed by atoms with van der Waals surface area (Å²) in [5.74, 6) is -0.797. The standard InChI is InChI=1S/C25H25F2N3O3/c26-20-7-3-18(4-8-20)24(19-5-9-21(27)10-6-19)30-15-13-29(14-16-30)23(31)11-12-28-25(32)22-2-1-17-33-22/h1-10,17,24H,11-16H2,(H,28,32). The Bertz CT molecular complexity index is 1020. The Balaban J connectivity index is 1.35. The van der Waals surface area contributed by atoms with Crippen molar-refractivity contribution in [3.63, 3.8) is 0 Å². The normalized spacial score (nSPS) is 14.5. The molecule has 2 aromatic carbocycles. The highest BCUT2D eigenvalue weighted by molar-refractivity contribution is 5.91. The maximum Gasteiger partial charge on any atom is 0.286 e. The summed E-state index contributed by atoms with van der Waals surface area (Å²) in [6.45, 7) is 2.52. The van der Waals surface area contributed by atoms with Gasteiger partial charge in [0, 0.05) is 39.1 Å². The van der Waals surface area contributed by atoms with E-state index in [9.17, 15) is 18.4 Å². The summed E-state index contributed by atoms with van der Waals surface area (Å²) in [7, 11) is 0. The first-order valence-corrected chi connectivity index (χ1v) is 10.9. The van der Waals surface area contributed by atoms with Crippen LogP contribution >= 0.6 is 0 Å². The average molecular weight is 453 g/mol. The Morgan fingerprint density at radius 2 is 1.45 bits per heavy atom. The molecule has 172 valence electrons. The van der Waals surface area contributed by atoms with Crippen molar-refractivity contribution < 1.29 is 22.8 Å². The second kappa shape index (κ2) is 10.4. The number of nitrogens with one attached hydrogen (secondary N) is 1. The molecule has 4 rings (SSSR count). The van der Waals surface area contributed by atoms with Gasteiger partial charge in [0.25, 0.3) is 5.91 Å². The topological polar surface area (TPSA) is 65.8 Å². The molecule has 6 nitrogen and oxygen atoms in total. The molecule has 0 bridgehead atoms. The minimum Gasteiger partial charge on any atom is -0.459 e. The van der Waals surface area contributed by atoms with E-state index in [0.29, 0.717) is 26.2 Å². The van der Waals surface area contributed by atoms with Crippen molar-refractivity contribution in [2.45, 2.75) is 12.5 Å². The molecule has 1 aliphatic rings. The third-order valence-corrected chi connectivity index (χ3v) is 5.77. The van der Waals surface area contributed by atoms with Crippen molar-refractivity contribution in [3.05, 3.63) is 95.4 Å². The minimum absolute atomic E-state index is 0.0329. The third kappa shape index (κ3) is 5.64. The highest BCUT2D eigenvalue weighted by Gasteiger charge is 2.28. The zero-order valence-corrected chi connectivity index (χ0v) is 18.0. The number of carbonyl (C=O) groups is 2. The molecule has 0 radical (unpaired) electrons. The van der Waals surface area contributed by atoms with Gasteiger partial charge in [-0.3, -0.25) is 14.5 Å². The van der Waals surface area contributed by atoms with Crippen molar-refractivity contribution in [3.8, 4) is 0 Å². The Morgan fingerprint density at radius 1 is 0.879 bits per heavy atom. The monoisotopic (exact) mass is 453 g/mol. The van der Waals surface area contributed by atoms with E-state index in [4.69, 9.17) is 4.42 Å². The molecular weight excluding hydrogens is 428 g/mol. The second-order valence-corrected chi connectivity index (χ2v) is 7.91. The highest BCUT2D eigenvalue weighted by atomic mass is 19.1. The quantitative estimate of drug-likeness (QED) is 0.594. The molecule has 0 spiro atoms. The van der Waals surface area contributed by atoms with E-state index < -0.39 is 0 Å². The number of hydrogen-bond donors (Lipinski definition) is 1. The molecule has 1 aliphatic heterocycles. The second-order valence-electron chi connectivity index (χ2n) is 7.91. The molecular formula is C25H25F2N3O3. The van der Waals surface area contributed by atoms with Gasteiger partial charge in [0.15, 0.2) is 5.76 Å². The van der Waals surface area contributed by atoms with Crippen LogP contribution in [0, 0.1) is 11.6 Å². The van der Waals surface area contributed by atoms with Crippen molar-refractivity contribution >= 4 is 11.8 Å². The first-order valence-electron chi connectivity index (χ1n) is 10.9. The zero-order valence-electron chi connectivity index (χ0n) is 18.0. The van der Waals surface area contributed by atoms with E-state index in [-0.39, 0.29) is 48.2 Å². The van der Waals surface area contributed by atoms with Crippen molar-refractivity contribution in [2.75, 3.05) is 32.7 Å². The lowest BCUT2D eigenvalue weighted by atomic mass is 9.96. The summed E-state index contributed by atoms with van der Waals surface area (Å²) in [6, 6.07) is 15.7. The Labute approximate surface area is 190 Å². The van der Waals surface area contributed by atoms with Crippen LogP contribution in [-0.4, -0.2) is 54.3 Å². The fourth-order valence-corrected chi connectivity index (χ4v) is 4.07. The van der Waals surface area contributed by atoms with E-state index in [0.717, 1.165) is 11.1 Å². The van der Waals surface area contributed by atoms with Crippen LogP contribution in [0.25, 0.3) is 0 Å². The zero-order chi connectivity index (χ0) is 23.2. The van der Waals surface area contributed by atoms with Crippen molar-refractivity contribution in [1.29, 1.82) is 0 Å². The molecule has 8 heteroatoms. The lowest BCUT2D eigenvalue weighted by molar-refractivity contribution is -0.133. The van der Waals surface area contributed by atoms with Crippen LogP contribution in [0.1, 0.15) is 34.1 Å². The Hall–Kier alpha value is -3.52. The van der Waals surface area contributed by atoms with E-state index in [2.05, 4.69) is 10.2 Å². The lowest BCUT2D eigenvalue weighted by Crippen LogP contribution is -2.50. The smallest absolute Gasteiger partial charge is 0.286 e. The lowest BCUT2D eigenvalue weighted by Gasteiger charge is -2.40. The summed E-state index contributed by atoms with van der Waals surface area (Å²) >= 11 is 0. The van der Waals surface area contributed by atoms with Crippen LogP contribution in [-0.2, 0) is 4.79 Å². The Morgan fingerprint density at radius 3 is 1.97 bits per heavy atom. The number of furan rings is 1. The number of nitrogens with zero attached hydrogens (tertiary/aromatic N) is 2. The molecule has 0 aliphatic carbocycles. The van der Waals surface area contributed by atoms with E-state index in [1.165, 1.54) is 30.5 Å². The molecule has 3 aromatic rings. The van der Waals surface area contributed by atoms with Gasteiger partial charge < -0.3 is 14.6 Å². The fourth-order valence-electron chi connectivity index (χ4n) is 4.07. The third-order valence-electron chi connectivity index (χ3n) is 5.77. The number of rotatable bonds is 7. The number of benzene rings is 2. The molecule has 1 fully saturated rings. The molecule has 33 heavy (non-hydrogen) atoms. The van der Waals surface area contributed by atoms with Crippen LogP contribution < -0.4 is 5.32 Å². The van der Waals surface area contributed by atoms with Gasteiger partial charge in [-0.15, -0.1) is 0 Å². The first kappa shape index (κ1) is 22.7. The van der Waals surface area contributed by atoms with E-state index in [1.54, 1.807) is 41.3 Å². The summed E-state index contributed by atoms with van der Waals surface area (Å²) in [5, 5.41) is 2.68. The molecule has 0 atom stereocenters. The molecule has 1 aromatic heterocycles. The maximum absolute atomic E-state index is 13.5. The van der Waals surface area contributed by atoms with Gasteiger partial charge in [-0.1, -0.05) is 24.3 Å². The SMILES string of the molecule is O=C(NCCC(=O)N1CCN(C(c2ccc(F)cc2)c2ccc(F)cc2)CC1)c1ccco1. The van der Waals surface area contributed by atoms with Crippen LogP contribution in [0.5, 0.6) is 0 Å². The molecule has 2 amide bonds. The summed E-state index contributed by atoms with van der Waals surface area (Å²) in [4.78, 5) is 28.5. The number of amides is 2. The molecule has 0 saturated carbocycles. The average Bonchev–Trinajstić information content (AvgIpc) is 3.37. The van der Waals surface area contributed by atoms with Gasteiger partial charge >= 0.3 is 0 Å². The fraction of sp³-hybridized carbons (Fsp3) is 0.280. The van der Waals surface area contributed by atoms with Gasteiger partial charge in [-0.05, 0) is 47.5 Å².